The van der Waals surface area contributed by atoms with Gasteiger partial charge in [0.25, 0.3) is 11.8 Å². The van der Waals surface area contributed by atoms with E-state index in [4.69, 9.17) is 21.1 Å². The van der Waals surface area contributed by atoms with Gasteiger partial charge in [0.1, 0.15) is 22.3 Å². The fourth-order valence-electron chi connectivity index (χ4n) is 2.85. The summed E-state index contributed by atoms with van der Waals surface area (Å²) >= 11 is 6.37. The van der Waals surface area contributed by atoms with Crippen molar-refractivity contribution in [3.05, 3.63) is 70.5 Å². The molecule has 3 rings (SSSR count). The summed E-state index contributed by atoms with van der Waals surface area (Å²) in [5.41, 5.74) is 1.61. The van der Waals surface area contributed by atoms with Crippen molar-refractivity contribution in [2.24, 2.45) is 0 Å². The van der Waals surface area contributed by atoms with Crippen LogP contribution in [0.2, 0.25) is 5.15 Å². The van der Waals surface area contributed by atoms with Crippen LogP contribution in [0.5, 0.6) is 11.5 Å². The van der Waals surface area contributed by atoms with Gasteiger partial charge in [-0.2, -0.15) is 0 Å². The highest BCUT2D eigenvalue weighted by molar-refractivity contribution is 6.31. The smallest absolute Gasteiger partial charge is 0.269 e. The van der Waals surface area contributed by atoms with Crippen molar-refractivity contribution in [2.45, 2.75) is 0 Å². The number of nitrogens with one attached hydrogen (secondary N) is 1. The van der Waals surface area contributed by atoms with Gasteiger partial charge in [0.2, 0.25) is 0 Å². The Morgan fingerprint density at radius 1 is 1.00 bits per heavy atom. The summed E-state index contributed by atoms with van der Waals surface area (Å²) in [6.45, 7) is 0. The standard InChI is InChI=1S/C23H22ClN3O4/c1-27(2)23(29)20(26-22(28)14-5-8-17(30-3)9-6-14)12-16-11-15-7-10-18(31-4)13-19(15)25-21(16)24/h5-13H,1-4H3,(H,26,28). The number of benzene rings is 2. The highest BCUT2D eigenvalue weighted by Gasteiger charge is 2.17. The van der Waals surface area contributed by atoms with Gasteiger partial charge < -0.3 is 19.7 Å². The Labute approximate surface area is 185 Å². The molecule has 0 aliphatic heterocycles. The Morgan fingerprint density at radius 2 is 1.65 bits per heavy atom. The van der Waals surface area contributed by atoms with Crippen molar-refractivity contribution in [2.75, 3.05) is 28.3 Å². The van der Waals surface area contributed by atoms with E-state index in [2.05, 4.69) is 10.3 Å². The normalized spacial score (nSPS) is 11.2. The zero-order valence-electron chi connectivity index (χ0n) is 17.6. The SMILES string of the molecule is COc1ccc(C(=O)NC(=Cc2cc3ccc(OC)cc3nc2Cl)C(=O)N(C)C)cc1. The van der Waals surface area contributed by atoms with Crippen LogP contribution in [0.15, 0.2) is 54.2 Å². The minimum Gasteiger partial charge on any atom is -0.497 e. The molecule has 0 spiro atoms. The molecule has 0 radical (unpaired) electrons. The number of rotatable bonds is 6. The maximum Gasteiger partial charge on any atom is 0.269 e. The number of pyridine rings is 1. The molecule has 0 unspecified atom stereocenters. The van der Waals surface area contributed by atoms with Crippen LogP contribution in [0.3, 0.4) is 0 Å². The van der Waals surface area contributed by atoms with E-state index in [0.717, 1.165) is 5.39 Å². The fraction of sp³-hybridized carbons (Fsp3) is 0.174. The first-order chi connectivity index (χ1) is 14.8. The van der Waals surface area contributed by atoms with Crippen molar-refractivity contribution in [3.63, 3.8) is 0 Å². The summed E-state index contributed by atoms with van der Waals surface area (Å²) in [5, 5.41) is 3.69. The minimum atomic E-state index is -0.432. The van der Waals surface area contributed by atoms with Crippen LogP contribution in [-0.2, 0) is 4.79 Å². The van der Waals surface area contributed by atoms with E-state index in [0.29, 0.717) is 28.1 Å². The first kappa shape index (κ1) is 22.1. The van der Waals surface area contributed by atoms with Gasteiger partial charge in [0, 0.05) is 36.7 Å². The molecule has 0 saturated carbocycles. The maximum atomic E-state index is 12.7. The number of hydrogen-bond acceptors (Lipinski definition) is 5. The molecule has 1 heterocycles. The molecule has 7 nitrogen and oxygen atoms in total. The Balaban J connectivity index is 1.98. The molecule has 3 aromatic rings. The number of halogens is 1. The summed E-state index contributed by atoms with van der Waals surface area (Å²) < 4.78 is 10.3. The van der Waals surface area contributed by atoms with Gasteiger partial charge in [-0.1, -0.05) is 11.6 Å². The predicted molar refractivity (Wildman–Crippen MR) is 120 cm³/mol. The van der Waals surface area contributed by atoms with Crippen LogP contribution in [0.25, 0.3) is 17.0 Å². The first-order valence-corrected chi connectivity index (χ1v) is 9.73. The van der Waals surface area contributed by atoms with Gasteiger partial charge in [-0.25, -0.2) is 4.98 Å². The number of nitrogens with zero attached hydrogens (tertiary/aromatic N) is 2. The molecule has 0 bridgehead atoms. The second kappa shape index (κ2) is 9.49. The monoisotopic (exact) mass is 439 g/mol. The summed E-state index contributed by atoms with van der Waals surface area (Å²) in [6.07, 6.45) is 1.52. The van der Waals surface area contributed by atoms with Crippen molar-refractivity contribution in [1.29, 1.82) is 0 Å². The average Bonchev–Trinajstić information content (AvgIpc) is 2.78. The van der Waals surface area contributed by atoms with Crippen LogP contribution in [0.4, 0.5) is 0 Å². The molecule has 160 valence electrons. The lowest BCUT2D eigenvalue weighted by molar-refractivity contribution is -0.124. The zero-order chi connectivity index (χ0) is 22.5. The van der Waals surface area contributed by atoms with Crippen LogP contribution in [0.1, 0.15) is 15.9 Å². The van der Waals surface area contributed by atoms with E-state index in [-0.39, 0.29) is 16.8 Å². The molecule has 0 atom stereocenters. The van der Waals surface area contributed by atoms with E-state index in [1.807, 2.05) is 12.1 Å². The molecule has 1 aromatic heterocycles. The van der Waals surface area contributed by atoms with Gasteiger partial charge >= 0.3 is 0 Å². The second-order valence-electron chi connectivity index (χ2n) is 6.87. The summed E-state index contributed by atoms with van der Waals surface area (Å²) in [5.74, 6) is 0.475. The van der Waals surface area contributed by atoms with Gasteiger partial charge in [-0.3, -0.25) is 9.59 Å². The Kier molecular flexibility index (Phi) is 6.77. The molecule has 0 aliphatic carbocycles. The fourth-order valence-corrected chi connectivity index (χ4v) is 3.05. The molecule has 31 heavy (non-hydrogen) atoms. The van der Waals surface area contributed by atoms with Crippen molar-refractivity contribution < 1.29 is 19.1 Å². The van der Waals surface area contributed by atoms with Gasteiger partial charge in [0.15, 0.2) is 0 Å². The van der Waals surface area contributed by atoms with Crippen LogP contribution < -0.4 is 14.8 Å². The van der Waals surface area contributed by atoms with Gasteiger partial charge in [0.05, 0.1) is 19.7 Å². The highest BCUT2D eigenvalue weighted by atomic mass is 35.5. The van der Waals surface area contributed by atoms with Crippen molar-refractivity contribution in [1.82, 2.24) is 15.2 Å². The number of carbonyl (C=O) groups is 2. The zero-order valence-corrected chi connectivity index (χ0v) is 18.4. The third kappa shape index (κ3) is 5.13. The Morgan fingerprint density at radius 3 is 2.26 bits per heavy atom. The number of carbonyl (C=O) groups excluding carboxylic acids is 2. The quantitative estimate of drug-likeness (QED) is 0.467. The number of likely N-dealkylation sites (N-methyl/N-ethyl adjacent to an activating group) is 1. The van der Waals surface area contributed by atoms with Crippen LogP contribution in [0, 0.1) is 0 Å². The molecule has 0 aliphatic rings. The lowest BCUT2D eigenvalue weighted by atomic mass is 10.1. The summed E-state index contributed by atoms with van der Waals surface area (Å²) in [6, 6.07) is 13.8. The molecular weight excluding hydrogens is 418 g/mol. The number of aromatic nitrogens is 1. The van der Waals surface area contributed by atoms with E-state index in [1.54, 1.807) is 64.7 Å². The molecular formula is C23H22ClN3O4. The predicted octanol–water partition coefficient (Wildman–Crippen LogP) is 3.76. The number of ether oxygens (including phenoxy) is 2. The van der Waals surface area contributed by atoms with E-state index in [1.165, 1.54) is 11.0 Å². The molecule has 0 saturated heterocycles. The number of amides is 2. The number of hydrogen-bond donors (Lipinski definition) is 1. The Hall–Kier alpha value is -3.58. The molecule has 2 aromatic carbocycles. The van der Waals surface area contributed by atoms with Crippen LogP contribution in [-0.4, -0.2) is 50.0 Å². The third-order valence-electron chi connectivity index (χ3n) is 4.54. The average molecular weight is 440 g/mol. The van der Waals surface area contributed by atoms with E-state index in [9.17, 15) is 9.59 Å². The lowest BCUT2D eigenvalue weighted by Crippen LogP contribution is -2.34. The molecule has 0 fully saturated rings. The van der Waals surface area contributed by atoms with Gasteiger partial charge in [-0.15, -0.1) is 0 Å². The molecule has 2 amide bonds. The minimum absolute atomic E-state index is 0.0716. The molecule has 1 N–H and O–H groups in total. The second-order valence-corrected chi connectivity index (χ2v) is 7.23. The lowest BCUT2D eigenvalue weighted by Gasteiger charge is -2.15. The van der Waals surface area contributed by atoms with E-state index < -0.39 is 5.91 Å². The number of methoxy groups -OCH3 is 2. The van der Waals surface area contributed by atoms with Crippen LogP contribution >= 0.6 is 11.6 Å². The third-order valence-corrected chi connectivity index (χ3v) is 4.84. The van der Waals surface area contributed by atoms with Crippen molar-refractivity contribution >= 4 is 40.4 Å². The summed E-state index contributed by atoms with van der Waals surface area (Å²) in [7, 11) is 6.32. The maximum absolute atomic E-state index is 12.7. The highest BCUT2D eigenvalue weighted by Crippen LogP contribution is 2.26. The first-order valence-electron chi connectivity index (χ1n) is 9.35. The van der Waals surface area contributed by atoms with E-state index >= 15 is 0 Å². The number of fused-ring (bicyclic) bond motifs is 1. The Bertz CT molecular complexity index is 1160. The largest absolute Gasteiger partial charge is 0.497 e. The van der Waals surface area contributed by atoms with Gasteiger partial charge in [-0.05, 0) is 48.5 Å². The summed E-state index contributed by atoms with van der Waals surface area (Å²) in [4.78, 5) is 31.2. The van der Waals surface area contributed by atoms with Crippen molar-refractivity contribution in [3.8, 4) is 11.5 Å². The molecule has 8 heteroatoms. The topological polar surface area (TPSA) is 80.8 Å².